The molecule has 2 aromatic rings. The van der Waals surface area contributed by atoms with Gasteiger partial charge in [-0.25, -0.2) is 0 Å². The third-order valence-corrected chi connectivity index (χ3v) is 3.05. The maximum Gasteiger partial charge on any atom is 0.154 e. The van der Waals surface area contributed by atoms with Crippen molar-refractivity contribution in [1.29, 1.82) is 0 Å². The van der Waals surface area contributed by atoms with E-state index in [1.54, 1.807) is 4.68 Å². The average Bonchev–Trinajstić information content (AvgIpc) is 2.88. The monoisotopic (exact) mass is 247 g/mol. The van der Waals surface area contributed by atoms with Crippen molar-refractivity contribution in [2.45, 2.75) is 33.6 Å². The first-order valence-electron chi connectivity index (χ1n) is 6.43. The predicted molar refractivity (Wildman–Crippen MR) is 73.2 cm³/mol. The van der Waals surface area contributed by atoms with E-state index < -0.39 is 0 Å². The molecule has 0 bridgehead atoms. The molecule has 4 heteroatoms. The summed E-state index contributed by atoms with van der Waals surface area (Å²) in [5, 5.41) is 4.48. The zero-order chi connectivity index (χ0) is 13.3. The maximum absolute atomic E-state index is 6.09. The summed E-state index contributed by atoms with van der Waals surface area (Å²) >= 11 is 0. The molecule has 0 amide bonds. The van der Waals surface area contributed by atoms with Gasteiger partial charge in [0.05, 0.1) is 0 Å². The highest BCUT2D eigenvalue weighted by molar-refractivity contribution is 5.64. The summed E-state index contributed by atoms with van der Waals surface area (Å²) in [5.74, 6) is 3.06. The van der Waals surface area contributed by atoms with Crippen molar-refractivity contribution in [3.63, 3.8) is 0 Å². The molecule has 0 aliphatic carbocycles. The number of rotatable bonds is 4. The molecule has 4 nitrogen and oxygen atoms in total. The molecule has 0 aromatic carbocycles. The van der Waals surface area contributed by atoms with Gasteiger partial charge in [-0.05, 0) is 24.5 Å². The van der Waals surface area contributed by atoms with E-state index in [1.165, 1.54) is 0 Å². The Morgan fingerprint density at radius 2 is 2.11 bits per heavy atom. The molecule has 18 heavy (non-hydrogen) atoms. The van der Waals surface area contributed by atoms with Crippen LogP contribution in [0.15, 0.2) is 16.5 Å². The highest BCUT2D eigenvalue weighted by atomic mass is 16.3. The largest absolute Gasteiger partial charge is 0.459 e. The molecule has 2 heterocycles. The lowest BCUT2D eigenvalue weighted by Gasteiger charge is -2.05. The molecule has 98 valence electrons. The van der Waals surface area contributed by atoms with Gasteiger partial charge in [-0.1, -0.05) is 20.8 Å². The average molecular weight is 247 g/mol. The normalized spacial score (nSPS) is 11.4. The Kier molecular flexibility index (Phi) is 3.45. The van der Waals surface area contributed by atoms with E-state index in [9.17, 15) is 0 Å². The molecule has 0 radical (unpaired) electrons. The molecule has 0 atom stereocenters. The Labute approximate surface area is 108 Å². The van der Waals surface area contributed by atoms with Crippen molar-refractivity contribution < 1.29 is 4.42 Å². The third-order valence-electron chi connectivity index (χ3n) is 3.05. The van der Waals surface area contributed by atoms with Gasteiger partial charge in [0.2, 0.25) is 0 Å². The zero-order valence-corrected chi connectivity index (χ0v) is 11.5. The summed E-state index contributed by atoms with van der Waals surface area (Å²) in [4.78, 5) is 0. The van der Waals surface area contributed by atoms with Gasteiger partial charge in [-0.15, -0.1) is 0 Å². The summed E-state index contributed by atoms with van der Waals surface area (Å²) in [5.41, 5.74) is 8.05. The van der Waals surface area contributed by atoms with Crippen LogP contribution in [0.5, 0.6) is 0 Å². The summed E-state index contributed by atoms with van der Waals surface area (Å²) < 4.78 is 7.50. The number of furan rings is 1. The van der Waals surface area contributed by atoms with Gasteiger partial charge >= 0.3 is 0 Å². The van der Waals surface area contributed by atoms with Crippen molar-refractivity contribution in [3.8, 4) is 11.5 Å². The van der Waals surface area contributed by atoms with Crippen LogP contribution in [0.3, 0.4) is 0 Å². The second-order valence-electron chi connectivity index (χ2n) is 5.05. The van der Waals surface area contributed by atoms with Crippen LogP contribution in [0, 0.1) is 5.92 Å². The van der Waals surface area contributed by atoms with Gasteiger partial charge < -0.3 is 10.2 Å². The van der Waals surface area contributed by atoms with Gasteiger partial charge in [0.15, 0.2) is 5.76 Å². The van der Waals surface area contributed by atoms with Crippen LogP contribution >= 0.6 is 0 Å². The number of hydrogen-bond acceptors (Lipinski definition) is 3. The van der Waals surface area contributed by atoms with E-state index in [1.807, 2.05) is 19.2 Å². The lowest BCUT2D eigenvalue weighted by molar-refractivity contribution is 0.525. The Morgan fingerprint density at radius 1 is 1.39 bits per heavy atom. The van der Waals surface area contributed by atoms with Crippen LogP contribution in [0.2, 0.25) is 0 Å². The Balaban J connectivity index is 2.46. The van der Waals surface area contributed by atoms with E-state index in [-0.39, 0.29) is 0 Å². The Morgan fingerprint density at radius 3 is 2.67 bits per heavy atom. The minimum absolute atomic E-state index is 0.538. The first-order valence-corrected chi connectivity index (χ1v) is 6.43. The number of nitrogens with two attached hydrogens (primary N) is 1. The SMILES string of the molecule is CCc1ccc(-c2nn(C)c(N)c2CC(C)C)o1. The van der Waals surface area contributed by atoms with Crippen LogP contribution in [0.25, 0.3) is 11.5 Å². The van der Waals surface area contributed by atoms with Gasteiger partial charge in [0.1, 0.15) is 17.3 Å². The van der Waals surface area contributed by atoms with Crippen LogP contribution < -0.4 is 5.73 Å². The molecule has 0 saturated carbocycles. The molecule has 0 aliphatic heterocycles. The van der Waals surface area contributed by atoms with Crippen LogP contribution in [-0.2, 0) is 19.9 Å². The Bertz CT molecular complexity index is 537. The lowest BCUT2D eigenvalue weighted by Crippen LogP contribution is -2.01. The third kappa shape index (κ3) is 2.28. The minimum Gasteiger partial charge on any atom is -0.459 e. The Hall–Kier alpha value is -1.71. The second kappa shape index (κ2) is 4.88. The fraction of sp³-hybridized carbons (Fsp3) is 0.500. The van der Waals surface area contributed by atoms with Gasteiger partial charge in [-0.2, -0.15) is 5.10 Å². The van der Waals surface area contributed by atoms with Gasteiger partial charge in [0.25, 0.3) is 0 Å². The quantitative estimate of drug-likeness (QED) is 0.903. The summed E-state index contributed by atoms with van der Waals surface area (Å²) in [6.07, 6.45) is 1.80. The van der Waals surface area contributed by atoms with Crippen molar-refractivity contribution in [2.24, 2.45) is 13.0 Å². The molecule has 2 rings (SSSR count). The topological polar surface area (TPSA) is 57.0 Å². The van der Waals surface area contributed by atoms with E-state index in [4.69, 9.17) is 10.2 Å². The molecule has 0 unspecified atom stereocenters. The number of aryl methyl sites for hydroxylation is 2. The fourth-order valence-corrected chi connectivity index (χ4v) is 2.08. The van der Waals surface area contributed by atoms with E-state index >= 15 is 0 Å². The number of aromatic nitrogens is 2. The molecular weight excluding hydrogens is 226 g/mol. The number of anilines is 1. The fourth-order valence-electron chi connectivity index (χ4n) is 2.08. The smallest absolute Gasteiger partial charge is 0.154 e. The van der Waals surface area contributed by atoms with E-state index in [0.717, 1.165) is 41.4 Å². The zero-order valence-electron chi connectivity index (χ0n) is 11.5. The summed E-state index contributed by atoms with van der Waals surface area (Å²) in [6, 6.07) is 3.98. The number of nitrogen functional groups attached to an aromatic ring is 1. The predicted octanol–water partition coefficient (Wildman–Crippen LogP) is 3.02. The number of nitrogens with zero attached hydrogens (tertiary/aromatic N) is 2. The summed E-state index contributed by atoms with van der Waals surface area (Å²) in [6.45, 7) is 6.43. The van der Waals surface area contributed by atoms with Crippen molar-refractivity contribution in [3.05, 3.63) is 23.5 Å². The maximum atomic E-state index is 6.09. The number of hydrogen-bond donors (Lipinski definition) is 1. The highest BCUT2D eigenvalue weighted by Gasteiger charge is 2.18. The van der Waals surface area contributed by atoms with Crippen molar-refractivity contribution in [1.82, 2.24) is 9.78 Å². The first-order chi connectivity index (χ1) is 8.52. The molecule has 0 spiro atoms. The minimum atomic E-state index is 0.538. The molecular formula is C14H21N3O. The molecule has 2 aromatic heterocycles. The summed E-state index contributed by atoms with van der Waals surface area (Å²) in [7, 11) is 1.87. The standard InChI is InChI=1S/C14H21N3O/c1-5-10-6-7-12(18-10)13-11(8-9(2)3)14(15)17(4)16-13/h6-7,9H,5,8,15H2,1-4H3. The van der Waals surface area contributed by atoms with Crippen molar-refractivity contribution in [2.75, 3.05) is 5.73 Å². The molecule has 0 saturated heterocycles. The molecule has 2 N–H and O–H groups in total. The highest BCUT2D eigenvalue weighted by Crippen LogP contribution is 2.30. The van der Waals surface area contributed by atoms with Gasteiger partial charge in [0, 0.05) is 19.0 Å². The van der Waals surface area contributed by atoms with E-state index in [0.29, 0.717) is 5.92 Å². The molecule has 0 aliphatic rings. The van der Waals surface area contributed by atoms with Gasteiger partial charge in [-0.3, -0.25) is 4.68 Å². The second-order valence-corrected chi connectivity index (χ2v) is 5.05. The van der Waals surface area contributed by atoms with Crippen molar-refractivity contribution >= 4 is 5.82 Å². The van der Waals surface area contributed by atoms with Crippen LogP contribution in [0.1, 0.15) is 32.1 Å². The first kappa shape index (κ1) is 12.7. The van der Waals surface area contributed by atoms with Crippen LogP contribution in [-0.4, -0.2) is 9.78 Å². The molecule has 0 fully saturated rings. The lowest BCUT2D eigenvalue weighted by atomic mass is 10.0. The van der Waals surface area contributed by atoms with Crippen LogP contribution in [0.4, 0.5) is 5.82 Å². The van der Waals surface area contributed by atoms with E-state index in [2.05, 4.69) is 25.9 Å².